The van der Waals surface area contributed by atoms with Gasteiger partial charge in [-0.2, -0.15) is 0 Å². The van der Waals surface area contributed by atoms with Crippen LogP contribution in [0.5, 0.6) is 0 Å². The standard InChI is InChI=1S/C11H14INO2/c1-8(12)10(13(2)11(14)15)9-6-4-3-5-7-9/h3-8,10H,1-2H3,(H,14,15). The molecule has 2 unspecified atom stereocenters. The van der Waals surface area contributed by atoms with Gasteiger partial charge in [-0.05, 0) is 5.56 Å². The molecular weight excluding hydrogens is 305 g/mol. The Bertz CT molecular complexity index is 327. The molecule has 2 atom stereocenters. The Morgan fingerprint density at radius 3 is 2.33 bits per heavy atom. The van der Waals surface area contributed by atoms with Gasteiger partial charge in [0.2, 0.25) is 0 Å². The Morgan fingerprint density at radius 2 is 1.93 bits per heavy atom. The molecule has 15 heavy (non-hydrogen) atoms. The molecule has 1 amide bonds. The average molecular weight is 319 g/mol. The SMILES string of the molecule is CC(I)C(c1ccccc1)N(C)C(=O)O. The first-order chi connectivity index (χ1) is 7.04. The molecule has 82 valence electrons. The Kier molecular flexibility index (Phi) is 4.38. The zero-order chi connectivity index (χ0) is 11.4. The van der Waals surface area contributed by atoms with E-state index < -0.39 is 6.09 Å². The van der Waals surface area contributed by atoms with E-state index in [0.29, 0.717) is 0 Å². The summed E-state index contributed by atoms with van der Waals surface area (Å²) in [5, 5.41) is 8.99. The van der Waals surface area contributed by atoms with Crippen LogP contribution < -0.4 is 0 Å². The van der Waals surface area contributed by atoms with Crippen molar-refractivity contribution in [1.29, 1.82) is 0 Å². The first-order valence-corrected chi connectivity index (χ1v) is 5.93. The lowest BCUT2D eigenvalue weighted by molar-refractivity contribution is 0.139. The lowest BCUT2D eigenvalue weighted by Gasteiger charge is -2.28. The van der Waals surface area contributed by atoms with E-state index in [1.807, 2.05) is 37.3 Å². The van der Waals surface area contributed by atoms with Crippen LogP contribution in [-0.2, 0) is 0 Å². The van der Waals surface area contributed by atoms with E-state index in [1.165, 1.54) is 4.90 Å². The molecule has 0 aliphatic rings. The first kappa shape index (κ1) is 12.3. The summed E-state index contributed by atoms with van der Waals surface area (Å²) in [6.07, 6.45) is -0.896. The normalized spacial score (nSPS) is 14.3. The van der Waals surface area contributed by atoms with Gasteiger partial charge in [0.1, 0.15) is 0 Å². The summed E-state index contributed by atoms with van der Waals surface area (Å²) >= 11 is 2.25. The van der Waals surface area contributed by atoms with E-state index in [0.717, 1.165) is 5.56 Å². The smallest absolute Gasteiger partial charge is 0.407 e. The van der Waals surface area contributed by atoms with Gasteiger partial charge in [0, 0.05) is 11.0 Å². The molecule has 0 heterocycles. The largest absolute Gasteiger partial charge is 0.465 e. The summed E-state index contributed by atoms with van der Waals surface area (Å²) in [6.45, 7) is 2.01. The van der Waals surface area contributed by atoms with Crippen molar-refractivity contribution in [3.63, 3.8) is 0 Å². The number of amides is 1. The van der Waals surface area contributed by atoms with Crippen LogP contribution >= 0.6 is 22.6 Å². The molecule has 0 fully saturated rings. The summed E-state index contributed by atoms with van der Waals surface area (Å²) in [5.41, 5.74) is 1.03. The van der Waals surface area contributed by atoms with Gasteiger partial charge in [0.25, 0.3) is 0 Å². The van der Waals surface area contributed by atoms with E-state index in [-0.39, 0.29) is 9.97 Å². The predicted molar refractivity (Wildman–Crippen MR) is 68.5 cm³/mol. The second-order valence-corrected chi connectivity index (χ2v) is 5.39. The van der Waals surface area contributed by atoms with Crippen molar-refractivity contribution >= 4 is 28.7 Å². The van der Waals surface area contributed by atoms with E-state index in [2.05, 4.69) is 22.6 Å². The molecule has 1 N–H and O–H groups in total. The average Bonchev–Trinajstić information content (AvgIpc) is 2.18. The fourth-order valence-corrected chi connectivity index (χ4v) is 2.46. The van der Waals surface area contributed by atoms with E-state index in [4.69, 9.17) is 5.11 Å². The summed E-state index contributed by atoms with van der Waals surface area (Å²) in [7, 11) is 1.61. The number of hydrogen-bond donors (Lipinski definition) is 1. The molecule has 1 rings (SSSR count). The third-order valence-corrected chi connectivity index (χ3v) is 2.98. The minimum absolute atomic E-state index is 0.0932. The highest BCUT2D eigenvalue weighted by Gasteiger charge is 2.24. The number of carbonyl (C=O) groups is 1. The maximum absolute atomic E-state index is 10.9. The minimum atomic E-state index is -0.896. The van der Waals surface area contributed by atoms with Crippen molar-refractivity contribution in [3.8, 4) is 0 Å². The maximum atomic E-state index is 10.9. The molecule has 0 radical (unpaired) electrons. The summed E-state index contributed by atoms with van der Waals surface area (Å²) < 4.78 is 0.228. The van der Waals surface area contributed by atoms with Gasteiger partial charge in [-0.15, -0.1) is 0 Å². The predicted octanol–water partition coefficient (Wildman–Crippen LogP) is 3.16. The molecule has 3 nitrogen and oxygen atoms in total. The first-order valence-electron chi connectivity index (χ1n) is 4.69. The van der Waals surface area contributed by atoms with Crippen LogP contribution in [0, 0.1) is 0 Å². The molecule has 1 aromatic rings. The van der Waals surface area contributed by atoms with E-state index in [1.54, 1.807) is 7.05 Å². The highest BCUT2D eigenvalue weighted by molar-refractivity contribution is 14.1. The van der Waals surface area contributed by atoms with Crippen molar-refractivity contribution in [2.45, 2.75) is 16.9 Å². The van der Waals surface area contributed by atoms with Crippen LogP contribution in [-0.4, -0.2) is 27.1 Å². The molecule has 0 aliphatic heterocycles. The fraction of sp³-hybridized carbons (Fsp3) is 0.364. The minimum Gasteiger partial charge on any atom is -0.465 e. The highest BCUT2D eigenvalue weighted by Crippen LogP contribution is 2.27. The molecule has 0 saturated heterocycles. The number of rotatable bonds is 3. The lowest BCUT2D eigenvalue weighted by Crippen LogP contribution is -2.33. The third-order valence-electron chi connectivity index (χ3n) is 2.30. The van der Waals surface area contributed by atoms with Crippen LogP contribution in [0.25, 0.3) is 0 Å². The molecule has 1 aromatic carbocycles. The third kappa shape index (κ3) is 3.09. The zero-order valence-electron chi connectivity index (χ0n) is 8.72. The summed E-state index contributed by atoms with van der Waals surface area (Å²) in [5.74, 6) is 0. The molecule has 0 spiro atoms. The Hall–Kier alpha value is -0.780. The topological polar surface area (TPSA) is 40.5 Å². The monoisotopic (exact) mass is 319 g/mol. The van der Waals surface area contributed by atoms with Crippen molar-refractivity contribution in [3.05, 3.63) is 35.9 Å². The van der Waals surface area contributed by atoms with Crippen molar-refractivity contribution < 1.29 is 9.90 Å². The summed E-state index contributed by atoms with van der Waals surface area (Å²) in [4.78, 5) is 12.3. The zero-order valence-corrected chi connectivity index (χ0v) is 10.9. The van der Waals surface area contributed by atoms with Crippen LogP contribution in [0.4, 0.5) is 4.79 Å². The second kappa shape index (κ2) is 5.34. The van der Waals surface area contributed by atoms with Gasteiger partial charge in [-0.3, -0.25) is 0 Å². The lowest BCUT2D eigenvalue weighted by atomic mass is 10.0. The Balaban J connectivity index is 2.99. The fourth-order valence-electron chi connectivity index (χ4n) is 1.57. The maximum Gasteiger partial charge on any atom is 0.407 e. The van der Waals surface area contributed by atoms with E-state index >= 15 is 0 Å². The molecule has 0 saturated carbocycles. The summed E-state index contributed by atoms with van der Waals surface area (Å²) in [6, 6.07) is 9.61. The van der Waals surface area contributed by atoms with Crippen molar-refractivity contribution in [2.24, 2.45) is 0 Å². The number of nitrogens with zero attached hydrogens (tertiary/aromatic N) is 1. The number of hydrogen-bond acceptors (Lipinski definition) is 1. The van der Waals surface area contributed by atoms with Gasteiger partial charge < -0.3 is 10.0 Å². The quantitative estimate of drug-likeness (QED) is 0.687. The van der Waals surface area contributed by atoms with Crippen molar-refractivity contribution in [2.75, 3.05) is 7.05 Å². The van der Waals surface area contributed by atoms with Crippen molar-refractivity contribution in [1.82, 2.24) is 4.90 Å². The molecule has 0 aliphatic carbocycles. The number of alkyl halides is 1. The van der Waals surface area contributed by atoms with Gasteiger partial charge in [-0.25, -0.2) is 4.79 Å². The molecule has 4 heteroatoms. The number of carboxylic acid groups (broad SMARTS) is 1. The van der Waals surface area contributed by atoms with Crippen LogP contribution in [0.2, 0.25) is 0 Å². The van der Waals surface area contributed by atoms with Gasteiger partial charge in [0.05, 0.1) is 6.04 Å². The number of halogens is 1. The molecular formula is C11H14INO2. The van der Waals surface area contributed by atoms with Gasteiger partial charge in [0.15, 0.2) is 0 Å². The number of benzene rings is 1. The highest BCUT2D eigenvalue weighted by atomic mass is 127. The van der Waals surface area contributed by atoms with E-state index in [9.17, 15) is 4.79 Å². The van der Waals surface area contributed by atoms with Gasteiger partial charge >= 0.3 is 6.09 Å². The molecule has 0 bridgehead atoms. The Morgan fingerprint density at radius 1 is 1.40 bits per heavy atom. The molecule has 0 aromatic heterocycles. The van der Waals surface area contributed by atoms with Crippen LogP contribution in [0.1, 0.15) is 18.5 Å². The van der Waals surface area contributed by atoms with Gasteiger partial charge in [-0.1, -0.05) is 59.8 Å². The second-order valence-electron chi connectivity index (χ2n) is 3.43. The van der Waals surface area contributed by atoms with Crippen LogP contribution in [0.3, 0.4) is 0 Å². The Labute approximate surface area is 103 Å². The van der Waals surface area contributed by atoms with Crippen LogP contribution in [0.15, 0.2) is 30.3 Å².